The van der Waals surface area contributed by atoms with E-state index >= 15 is 0 Å². The number of pyridine rings is 1. The SMILES string of the molecule is Cc1nccn1Cc1ccc(NC(=O)c2cccnc2N2CCCCC2)cc1. The molecule has 28 heavy (non-hydrogen) atoms. The molecule has 3 heterocycles. The van der Waals surface area contributed by atoms with Crippen molar-refractivity contribution in [3.8, 4) is 0 Å². The van der Waals surface area contributed by atoms with Crippen molar-refractivity contribution in [3.63, 3.8) is 0 Å². The van der Waals surface area contributed by atoms with Crippen molar-refractivity contribution in [1.29, 1.82) is 0 Å². The number of amides is 1. The molecule has 3 aromatic rings. The predicted octanol–water partition coefficient (Wildman–Crippen LogP) is 3.88. The van der Waals surface area contributed by atoms with Crippen LogP contribution in [0.5, 0.6) is 0 Å². The van der Waals surface area contributed by atoms with E-state index in [1.807, 2.05) is 49.5 Å². The zero-order valence-corrected chi connectivity index (χ0v) is 16.1. The highest BCUT2D eigenvalue weighted by Gasteiger charge is 2.19. The molecule has 0 unspecified atom stereocenters. The second kappa shape index (κ2) is 8.25. The Morgan fingerprint density at radius 3 is 2.54 bits per heavy atom. The number of hydrogen-bond donors (Lipinski definition) is 1. The largest absolute Gasteiger partial charge is 0.356 e. The molecular formula is C22H25N5O. The molecule has 4 rings (SSSR count). The van der Waals surface area contributed by atoms with Gasteiger partial charge in [-0.05, 0) is 56.0 Å². The lowest BCUT2D eigenvalue weighted by Gasteiger charge is -2.29. The lowest BCUT2D eigenvalue weighted by molar-refractivity contribution is 0.102. The van der Waals surface area contributed by atoms with Crippen molar-refractivity contribution in [2.45, 2.75) is 32.7 Å². The minimum Gasteiger partial charge on any atom is -0.356 e. The summed E-state index contributed by atoms with van der Waals surface area (Å²) in [4.78, 5) is 23.8. The highest BCUT2D eigenvalue weighted by atomic mass is 16.1. The summed E-state index contributed by atoms with van der Waals surface area (Å²) >= 11 is 0. The molecule has 1 amide bonds. The van der Waals surface area contributed by atoms with Crippen LogP contribution in [0.1, 0.15) is 41.0 Å². The summed E-state index contributed by atoms with van der Waals surface area (Å²) < 4.78 is 2.09. The number of benzene rings is 1. The summed E-state index contributed by atoms with van der Waals surface area (Å²) in [6.45, 7) is 4.67. The van der Waals surface area contributed by atoms with Crippen molar-refractivity contribution in [2.75, 3.05) is 23.3 Å². The van der Waals surface area contributed by atoms with Gasteiger partial charge in [0.1, 0.15) is 11.6 Å². The van der Waals surface area contributed by atoms with Crippen LogP contribution in [0.3, 0.4) is 0 Å². The van der Waals surface area contributed by atoms with Crippen LogP contribution in [0, 0.1) is 6.92 Å². The normalized spacial score (nSPS) is 14.1. The fourth-order valence-corrected chi connectivity index (χ4v) is 3.59. The molecule has 0 saturated carbocycles. The molecule has 0 bridgehead atoms. The minimum atomic E-state index is -0.119. The van der Waals surface area contributed by atoms with E-state index in [1.165, 1.54) is 6.42 Å². The molecule has 0 radical (unpaired) electrons. The molecule has 1 fully saturated rings. The first-order valence-electron chi connectivity index (χ1n) is 9.79. The van der Waals surface area contributed by atoms with Crippen LogP contribution in [0.4, 0.5) is 11.5 Å². The average molecular weight is 375 g/mol. The number of carbonyl (C=O) groups is 1. The smallest absolute Gasteiger partial charge is 0.259 e. The number of imidazole rings is 1. The molecule has 1 aliphatic heterocycles. The van der Waals surface area contributed by atoms with Gasteiger partial charge in [0.25, 0.3) is 5.91 Å². The van der Waals surface area contributed by atoms with E-state index in [2.05, 4.69) is 24.8 Å². The van der Waals surface area contributed by atoms with Gasteiger partial charge in [0, 0.05) is 43.9 Å². The fourth-order valence-electron chi connectivity index (χ4n) is 3.59. The second-order valence-electron chi connectivity index (χ2n) is 7.18. The Morgan fingerprint density at radius 1 is 1.04 bits per heavy atom. The Kier molecular flexibility index (Phi) is 5.37. The second-order valence-corrected chi connectivity index (χ2v) is 7.18. The lowest BCUT2D eigenvalue weighted by atomic mass is 10.1. The van der Waals surface area contributed by atoms with Gasteiger partial charge >= 0.3 is 0 Å². The van der Waals surface area contributed by atoms with E-state index in [0.717, 1.165) is 55.4 Å². The monoisotopic (exact) mass is 375 g/mol. The van der Waals surface area contributed by atoms with E-state index in [9.17, 15) is 4.79 Å². The predicted molar refractivity (Wildman–Crippen MR) is 111 cm³/mol. The standard InChI is InChI=1S/C22H25N5O/c1-17-23-12-15-27(17)16-18-7-9-19(10-8-18)25-22(28)20-6-5-11-24-21(20)26-13-3-2-4-14-26/h5-12,15H,2-4,13-14,16H2,1H3,(H,25,28). The summed E-state index contributed by atoms with van der Waals surface area (Å²) in [5.74, 6) is 1.65. The molecule has 1 N–H and O–H groups in total. The van der Waals surface area contributed by atoms with Gasteiger partial charge in [-0.15, -0.1) is 0 Å². The first kappa shape index (κ1) is 18.2. The summed E-state index contributed by atoms with van der Waals surface area (Å²) in [7, 11) is 0. The van der Waals surface area contributed by atoms with Gasteiger partial charge in [-0.1, -0.05) is 12.1 Å². The Morgan fingerprint density at radius 2 is 1.82 bits per heavy atom. The molecule has 1 saturated heterocycles. The molecule has 0 aliphatic carbocycles. The number of nitrogens with one attached hydrogen (secondary N) is 1. The van der Waals surface area contributed by atoms with Crippen LogP contribution in [0.25, 0.3) is 0 Å². The third-order valence-corrected chi connectivity index (χ3v) is 5.18. The number of rotatable bonds is 5. The first-order valence-corrected chi connectivity index (χ1v) is 9.79. The van der Waals surface area contributed by atoms with Crippen LogP contribution >= 0.6 is 0 Å². The molecule has 2 aromatic heterocycles. The third kappa shape index (κ3) is 4.06. The first-order chi connectivity index (χ1) is 13.7. The number of aryl methyl sites for hydroxylation is 1. The minimum absolute atomic E-state index is 0.119. The number of nitrogens with zero attached hydrogens (tertiary/aromatic N) is 4. The number of carbonyl (C=O) groups excluding carboxylic acids is 1. The zero-order chi connectivity index (χ0) is 19.3. The molecule has 0 spiro atoms. The number of hydrogen-bond acceptors (Lipinski definition) is 4. The Balaban J connectivity index is 1.46. The Bertz CT molecular complexity index is 942. The molecule has 1 aliphatic rings. The highest BCUT2D eigenvalue weighted by Crippen LogP contribution is 2.23. The number of anilines is 2. The molecule has 144 valence electrons. The van der Waals surface area contributed by atoms with E-state index in [1.54, 1.807) is 12.4 Å². The van der Waals surface area contributed by atoms with Crippen LogP contribution in [-0.2, 0) is 6.54 Å². The summed E-state index contributed by atoms with van der Waals surface area (Å²) in [6.07, 6.45) is 9.07. The Hall–Kier alpha value is -3.15. The summed E-state index contributed by atoms with van der Waals surface area (Å²) in [6, 6.07) is 11.6. The summed E-state index contributed by atoms with van der Waals surface area (Å²) in [5, 5.41) is 3.01. The van der Waals surface area contributed by atoms with Gasteiger partial charge in [-0.25, -0.2) is 9.97 Å². The van der Waals surface area contributed by atoms with Crippen LogP contribution < -0.4 is 10.2 Å². The van der Waals surface area contributed by atoms with Gasteiger partial charge in [0.15, 0.2) is 0 Å². The van der Waals surface area contributed by atoms with Crippen LogP contribution in [0.2, 0.25) is 0 Å². The molecular weight excluding hydrogens is 350 g/mol. The van der Waals surface area contributed by atoms with Gasteiger partial charge in [-0.2, -0.15) is 0 Å². The van der Waals surface area contributed by atoms with Crippen LogP contribution in [0.15, 0.2) is 55.0 Å². The van der Waals surface area contributed by atoms with Crippen molar-refractivity contribution >= 4 is 17.4 Å². The summed E-state index contributed by atoms with van der Waals surface area (Å²) in [5.41, 5.74) is 2.57. The Labute approximate surface area is 165 Å². The number of aromatic nitrogens is 3. The van der Waals surface area contributed by atoms with E-state index in [-0.39, 0.29) is 5.91 Å². The molecule has 1 aromatic carbocycles. The van der Waals surface area contributed by atoms with Crippen LogP contribution in [-0.4, -0.2) is 33.5 Å². The van der Waals surface area contributed by atoms with E-state index < -0.39 is 0 Å². The zero-order valence-electron chi connectivity index (χ0n) is 16.1. The quantitative estimate of drug-likeness (QED) is 0.735. The topological polar surface area (TPSA) is 63.1 Å². The van der Waals surface area contributed by atoms with Crippen molar-refractivity contribution in [3.05, 3.63) is 71.9 Å². The van der Waals surface area contributed by atoms with Crippen molar-refractivity contribution in [1.82, 2.24) is 14.5 Å². The van der Waals surface area contributed by atoms with Gasteiger partial charge in [0.2, 0.25) is 0 Å². The maximum Gasteiger partial charge on any atom is 0.259 e. The lowest BCUT2D eigenvalue weighted by Crippen LogP contribution is -2.32. The van der Waals surface area contributed by atoms with E-state index in [4.69, 9.17) is 0 Å². The van der Waals surface area contributed by atoms with Crippen molar-refractivity contribution in [2.24, 2.45) is 0 Å². The average Bonchev–Trinajstić information content (AvgIpc) is 3.14. The molecule has 0 atom stereocenters. The molecule has 6 nitrogen and oxygen atoms in total. The van der Waals surface area contributed by atoms with Crippen molar-refractivity contribution < 1.29 is 4.79 Å². The molecule has 6 heteroatoms. The maximum absolute atomic E-state index is 12.9. The maximum atomic E-state index is 12.9. The number of piperidine rings is 1. The van der Waals surface area contributed by atoms with Gasteiger partial charge in [0.05, 0.1) is 5.56 Å². The van der Waals surface area contributed by atoms with Gasteiger partial charge < -0.3 is 14.8 Å². The van der Waals surface area contributed by atoms with Gasteiger partial charge in [-0.3, -0.25) is 4.79 Å². The van der Waals surface area contributed by atoms with E-state index in [0.29, 0.717) is 5.56 Å². The highest BCUT2D eigenvalue weighted by molar-refractivity contribution is 6.07. The third-order valence-electron chi connectivity index (χ3n) is 5.18. The fraction of sp³-hybridized carbons (Fsp3) is 0.318.